The summed E-state index contributed by atoms with van der Waals surface area (Å²) in [6.07, 6.45) is 1.80. The van der Waals surface area contributed by atoms with Gasteiger partial charge in [0.25, 0.3) is 0 Å². The third-order valence-electron chi connectivity index (χ3n) is 2.64. The van der Waals surface area contributed by atoms with Crippen LogP contribution in [0.5, 0.6) is 0 Å². The highest BCUT2D eigenvalue weighted by molar-refractivity contribution is 6.31. The molecule has 0 atom stereocenters. The molecule has 0 unspecified atom stereocenters. The lowest BCUT2D eigenvalue weighted by atomic mass is 10.3. The summed E-state index contributed by atoms with van der Waals surface area (Å²) in [6, 6.07) is 4.95. The Morgan fingerprint density at radius 1 is 1.53 bits per heavy atom. The Labute approximate surface area is 114 Å². The van der Waals surface area contributed by atoms with Gasteiger partial charge in [0.15, 0.2) is 5.58 Å². The molecule has 0 aliphatic heterocycles. The minimum Gasteiger partial charge on any atom is -0.408 e. The quantitative estimate of drug-likeness (QED) is 0.851. The average Bonchev–Trinajstić information content (AvgIpc) is 2.68. The van der Waals surface area contributed by atoms with Crippen LogP contribution >= 0.6 is 11.6 Å². The molecule has 5 nitrogen and oxygen atoms in total. The van der Waals surface area contributed by atoms with E-state index in [1.807, 2.05) is 0 Å². The summed E-state index contributed by atoms with van der Waals surface area (Å²) in [5.74, 6) is -0.635. The number of halogens is 1. The van der Waals surface area contributed by atoms with E-state index in [1.165, 1.54) is 4.57 Å². The minimum absolute atomic E-state index is 0.143. The van der Waals surface area contributed by atoms with E-state index in [4.69, 9.17) is 16.0 Å². The molecule has 2 aromatic rings. The van der Waals surface area contributed by atoms with Crippen LogP contribution in [0.1, 0.15) is 6.42 Å². The highest BCUT2D eigenvalue weighted by atomic mass is 35.5. The fourth-order valence-electron chi connectivity index (χ4n) is 1.74. The topological polar surface area (TPSA) is 64.2 Å². The van der Waals surface area contributed by atoms with Crippen molar-refractivity contribution in [3.8, 4) is 0 Å². The van der Waals surface area contributed by atoms with Crippen molar-refractivity contribution in [2.75, 3.05) is 6.54 Å². The molecule has 0 saturated heterocycles. The van der Waals surface area contributed by atoms with Crippen LogP contribution in [-0.4, -0.2) is 17.0 Å². The number of rotatable bonds is 5. The van der Waals surface area contributed by atoms with Crippen LogP contribution in [-0.2, 0) is 11.3 Å². The number of hydrogen-bond donors (Lipinski definition) is 1. The van der Waals surface area contributed by atoms with Crippen molar-refractivity contribution in [1.82, 2.24) is 9.88 Å². The summed E-state index contributed by atoms with van der Waals surface area (Å²) < 4.78 is 6.48. The van der Waals surface area contributed by atoms with Crippen molar-refractivity contribution in [3.63, 3.8) is 0 Å². The van der Waals surface area contributed by atoms with Gasteiger partial charge in [-0.15, -0.1) is 6.58 Å². The Kier molecular flexibility index (Phi) is 4.06. The number of aryl methyl sites for hydroxylation is 1. The lowest BCUT2D eigenvalue weighted by Crippen LogP contribution is -2.26. The van der Waals surface area contributed by atoms with Crippen LogP contribution in [0.25, 0.3) is 11.1 Å². The number of oxazole rings is 1. The molecule has 2 rings (SSSR count). The minimum atomic E-state index is -0.492. The molecule has 1 heterocycles. The van der Waals surface area contributed by atoms with Gasteiger partial charge in [-0.3, -0.25) is 9.36 Å². The molecular weight excluding hydrogens is 268 g/mol. The molecule has 100 valence electrons. The van der Waals surface area contributed by atoms with Gasteiger partial charge in [0, 0.05) is 30.6 Å². The van der Waals surface area contributed by atoms with Gasteiger partial charge in [0.05, 0.1) is 5.52 Å². The van der Waals surface area contributed by atoms with E-state index >= 15 is 0 Å². The molecule has 0 bridgehead atoms. The van der Waals surface area contributed by atoms with Crippen LogP contribution in [0.2, 0.25) is 5.02 Å². The summed E-state index contributed by atoms with van der Waals surface area (Å²) in [7, 11) is 0. The fourth-order valence-corrected chi connectivity index (χ4v) is 1.90. The lowest BCUT2D eigenvalue weighted by molar-refractivity contribution is -0.121. The number of nitrogens with zero attached hydrogens (tertiary/aromatic N) is 1. The zero-order valence-corrected chi connectivity index (χ0v) is 10.9. The van der Waals surface area contributed by atoms with E-state index in [-0.39, 0.29) is 18.9 Å². The molecule has 1 amide bonds. The van der Waals surface area contributed by atoms with Gasteiger partial charge in [0.1, 0.15) is 0 Å². The standard InChI is InChI=1S/C13H13ClN2O3/c1-2-6-15-12(17)5-7-16-10-4-3-9(14)8-11(10)19-13(16)18/h2-4,8H,1,5-7H2,(H,15,17). The Hall–Kier alpha value is -2.01. The fraction of sp³-hybridized carbons (Fsp3) is 0.231. The van der Waals surface area contributed by atoms with Gasteiger partial charge in [-0.25, -0.2) is 4.79 Å². The van der Waals surface area contributed by atoms with Gasteiger partial charge in [0.2, 0.25) is 5.91 Å². The largest absolute Gasteiger partial charge is 0.419 e. The van der Waals surface area contributed by atoms with Crippen LogP contribution in [0.15, 0.2) is 40.1 Å². The van der Waals surface area contributed by atoms with E-state index in [0.717, 1.165) is 0 Å². The van der Waals surface area contributed by atoms with Crippen molar-refractivity contribution < 1.29 is 9.21 Å². The van der Waals surface area contributed by atoms with Gasteiger partial charge in [-0.1, -0.05) is 17.7 Å². The Bertz CT molecular complexity index is 672. The van der Waals surface area contributed by atoms with Crippen molar-refractivity contribution >= 4 is 28.6 Å². The zero-order chi connectivity index (χ0) is 13.8. The number of benzene rings is 1. The Morgan fingerprint density at radius 2 is 2.32 bits per heavy atom. The Morgan fingerprint density at radius 3 is 3.05 bits per heavy atom. The first-order chi connectivity index (χ1) is 9.11. The summed E-state index contributed by atoms with van der Waals surface area (Å²) in [5, 5.41) is 3.14. The van der Waals surface area contributed by atoms with Crippen LogP contribution in [0, 0.1) is 0 Å². The predicted molar refractivity (Wildman–Crippen MR) is 73.3 cm³/mol. The summed E-state index contributed by atoms with van der Waals surface area (Å²) in [5.41, 5.74) is 1.05. The number of aromatic nitrogens is 1. The molecule has 0 fully saturated rings. The summed E-state index contributed by atoms with van der Waals surface area (Å²) >= 11 is 5.82. The molecule has 1 N–H and O–H groups in total. The normalized spacial score (nSPS) is 10.6. The van der Waals surface area contributed by atoms with E-state index in [1.54, 1.807) is 24.3 Å². The smallest absolute Gasteiger partial charge is 0.408 e. The van der Waals surface area contributed by atoms with Crippen molar-refractivity contribution in [3.05, 3.63) is 46.4 Å². The number of hydrogen-bond acceptors (Lipinski definition) is 3. The van der Waals surface area contributed by atoms with Gasteiger partial charge < -0.3 is 9.73 Å². The predicted octanol–water partition coefficient (Wildman–Crippen LogP) is 1.94. The van der Waals surface area contributed by atoms with Crippen LogP contribution in [0.3, 0.4) is 0 Å². The van der Waals surface area contributed by atoms with E-state index < -0.39 is 5.76 Å². The SMILES string of the molecule is C=CCNC(=O)CCn1c(=O)oc2cc(Cl)ccc21. The monoisotopic (exact) mass is 280 g/mol. The molecule has 0 aliphatic carbocycles. The highest BCUT2D eigenvalue weighted by Crippen LogP contribution is 2.18. The molecular formula is C13H13ClN2O3. The number of nitrogens with one attached hydrogen (secondary N) is 1. The second kappa shape index (κ2) is 5.75. The van der Waals surface area contributed by atoms with Crippen LogP contribution < -0.4 is 11.1 Å². The first-order valence-corrected chi connectivity index (χ1v) is 6.16. The van der Waals surface area contributed by atoms with E-state index in [2.05, 4.69) is 11.9 Å². The van der Waals surface area contributed by atoms with E-state index in [9.17, 15) is 9.59 Å². The van der Waals surface area contributed by atoms with Gasteiger partial charge in [-0.05, 0) is 12.1 Å². The van der Waals surface area contributed by atoms with Crippen LogP contribution in [0.4, 0.5) is 0 Å². The maximum Gasteiger partial charge on any atom is 0.419 e. The summed E-state index contributed by atoms with van der Waals surface area (Å²) in [4.78, 5) is 23.2. The molecule has 0 aliphatic rings. The maximum absolute atomic E-state index is 11.7. The molecule has 0 spiro atoms. The van der Waals surface area contributed by atoms with Crippen molar-refractivity contribution in [2.45, 2.75) is 13.0 Å². The van der Waals surface area contributed by atoms with Crippen molar-refractivity contribution in [2.24, 2.45) is 0 Å². The maximum atomic E-state index is 11.7. The first-order valence-electron chi connectivity index (χ1n) is 5.78. The van der Waals surface area contributed by atoms with E-state index in [0.29, 0.717) is 22.7 Å². The van der Waals surface area contributed by atoms with Crippen molar-refractivity contribution in [1.29, 1.82) is 0 Å². The third-order valence-corrected chi connectivity index (χ3v) is 2.87. The number of amides is 1. The molecule has 6 heteroatoms. The molecule has 0 saturated carbocycles. The number of carbonyl (C=O) groups excluding carboxylic acids is 1. The zero-order valence-electron chi connectivity index (χ0n) is 10.2. The summed E-state index contributed by atoms with van der Waals surface area (Å²) in [6.45, 7) is 4.18. The third kappa shape index (κ3) is 3.06. The average molecular weight is 281 g/mol. The molecule has 1 aromatic carbocycles. The van der Waals surface area contributed by atoms with Gasteiger partial charge in [-0.2, -0.15) is 0 Å². The lowest BCUT2D eigenvalue weighted by Gasteiger charge is -2.03. The highest BCUT2D eigenvalue weighted by Gasteiger charge is 2.10. The molecule has 0 radical (unpaired) electrons. The van der Waals surface area contributed by atoms with Gasteiger partial charge >= 0.3 is 5.76 Å². The second-order valence-electron chi connectivity index (χ2n) is 3.97. The number of fused-ring (bicyclic) bond motifs is 1. The molecule has 19 heavy (non-hydrogen) atoms. The number of carbonyl (C=O) groups is 1. The Balaban J connectivity index is 2.16. The second-order valence-corrected chi connectivity index (χ2v) is 4.41. The molecule has 1 aromatic heterocycles. The first kappa shape index (κ1) is 13.4.